The topological polar surface area (TPSA) is 33.1 Å². The third-order valence-electron chi connectivity index (χ3n) is 3.73. The smallest absolute Gasteiger partial charge is 0.116 e. The van der Waals surface area contributed by atoms with Crippen molar-refractivity contribution >= 4 is 21.7 Å². The fourth-order valence-corrected chi connectivity index (χ4v) is 2.76. The Morgan fingerprint density at radius 3 is 2.29 bits per heavy atom. The van der Waals surface area contributed by atoms with E-state index in [4.69, 9.17) is 4.98 Å². The Kier molecular flexibility index (Phi) is 2.61. The molecule has 1 heterocycles. The van der Waals surface area contributed by atoms with Gasteiger partial charge in [-0.05, 0) is 29.7 Å². The molecule has 2 heteroatoms. The van der Waals surface area contributed by atoms with Crippen molar-refractivity contribution in [3.05, 3.63) is 72.8 Å². The van der Waals surface area contributed by atoms with Crippen molar-refractivity contribution in [2.24, 2.45) is 0 Å². The van der Waals surface area contributed by atoms with Crippen LogP contribution in [0.4, 0.5) is 0 Å². The van der Waals surface area contributed by atoms with E-state index in [1.807, 2.05) is 54.6 Å². The fraction of sp³-hybridized carbons (Fsp3) is 0. The van der Waals surface area contributed by atoms with Crippen LogP contribution in [0.1, 0.15) is 0 Å². The number of aromatic nitrogens is 1. The van der Waals surface area contributed by atoms with Crippen LogP contribution in [0, 0.1) is 0 Å². The van der Waals surface area contributed by atoms with Crippen molar-refractivity contribution < 1.29 is 5.11 Å². The lowest BCUT2D eigenvalue weighted by Crippen LogP contribution is -1.89. The normalized spacial score (nSPS) is 11.0. The van der Waals surface area contributed by atoms with Crippen LogP contribution in [0.3, 0.4) is 0 Å². The van der Waals surface area contributed by atoms with E-state index in [1.165, 1.54) is 0 Å². The number of hydrogen-bond donors (Lipinski definition) is 1. The van der Waals surface area contributed by atoms with Crippen LogP contribution in [0.2, 0.25) is 0 Å². The first-order valence-electron chi connectivity index (χ1n) is 6.90. The Bertz CT molecular complexity index is 945. The lowest BCUT2D eigenvalue weighted by molar-refractivity contribution is 0.476. The van der Waals surface area contributed by atoms with Crippen LogP contribution in [-0.4, -0.2) is 10.1 Å². The molecule has 21 heavy (non-hydrogen) atoms. The third kappa shape index (κ3) is 1.93. The highest BCUT2D eigenvalue weighted by Crippen LogP contribution is 2.33. The van der Waals surface area contributed by atoms with Crippen molar-refractivity contribution in [3.8, 4) is 17.0 Å². The van der Waals surface area contributed by atoms with Gasteiger partial charge in [-0.15, -0.1) is 0 Å². The van der Waals surface area contributed by atoms with Crippen LogP contribution in [0.15, 0.2) is 72.8 Å². The van der Waals surface area contributed by atoms with Crippen molar-refractivity contribution in [2.45, 2.75) is 0 Å². The van der Waals surface area contributed by atoms with Gasteiger partial charge in [0.05, 0.1) is 11.2 Å². The van der Waals surface area contributed by atoms with Crippen molar-refractivity contribution in [1.82, 2.24) is 4.98 Å². The molecule has 0 atom stereocenters. The first kappa shape index (κ1) is 11.9. The van der Waals surface area contributed by atoms with Gasteiger partial charge in [0, 0.05) is 16.3 Å². The second kappa shape index (κ2) is 4.60. The first-order chi connectivity index (χ1) is 10.3. The molecule has 1 aromatic heterocycles. The molecule has 100 valence electrons. The first-order valence-corrected chi connectivity index (χ1v) is 6.90. The highest BCUT2D eigenvalue weighted by atomic mass is 16.3. The second-order valence-corrected chi connectivity index (χ2v) is 5.07. The fourth-order valence-electron chi connectivity index (χ4n) is 2.76. The van der Waals surface area contributed by atoms with E-state index in [0.717, 1.165) is 32.9 Å². The molecule has 0 aliphatic carbocycles. The van der Waals surface area contributed by atoms with E-state index in [1.54, 1.807) is 6.07 Å². The van der Waals surface area contributed by atoms with Crippen molar-refractivity contribution in [1.29, 1.82) is 0 Å². The molecule has 0 fully saturated rings. The van der Waals surface area contributed by atoms with Gasteiger partial charge >= 0.3 is 0 Å². The molecule has 2 nitrogen and oxygen atoms in total. The van der Waals surface area contributed by atoms with E-state index in [-0.39, 0.29) is 5.75 Å². The number of aromatic hydroxyl groups is 1. The maximum absolute atomic E-state index is 9.83. The number of pyridine rings is 1. The molecule has 0 bridgehead atoms. The largest absolute Gasteiger partial charge is 0.508 e. The number of para-hydroxylation sites is 1. The van der Waals surface area contributed by atoms with Gasteiger partial charge in [-0.2, -0.15) is 0 Å². The molecule has 1 N–H and O–H groups in total. The molecule has 4 aromatic rings. The van der Waals surface area contributed by atoms with Crippen LogP contribution in [0.25, 0.3) is 32.9 Å². The number of fused-ring (bicyclic) bond motifs is 3. The average Bonchev–Trinajstić information content (AvgIpc) is 2.55. The van der Waals surface area contributed by atoms with Crippen LogP contribution in [0.5, 0.6) is 5.75 Å². The van der Waals surface area contributed by atoms with Gasteiger partial charge in [0.2, 0.25) is 0 Å². The zero-order valence-electron chi connectivity index (χ0n) is 11.3. The minimum absolute atomic E-state index is 0.276. The second-order valence-electron chi connectivity index (χ2n) is 5.07. The summed E-state index contributed by atoms with van der Waals surface area (Å²) in [5.74, 6) is 0.276. The third-order valence-corrected chi connectivity index (χ3v) is 3.73. The van der Waals surface area contributed by atoms with E-state index in [0.29, 0.717) is 0 Å². The van der Waals surface area contributed by atoms with E-state index in [2.05, 4.69) is 12.1 Å². The lowest BCUT2D eigenvalue weighted by Gasteiger charge is -2.10. The molecular formula is C19H13NO. The summed E-state index contributed by atoms with van der Waals surface area (Å²) in [7, 11) is 0. The average molecular weight is 271 g/mol. The van der Waals surface area contributed by atoms with E-state index < -0.39 is 0 Å². The molecule has 0 aliphatic heterocycles. The zero-order valence-corrected chi connectivity index (χ0v) is 11.3. The lowest BCUT2D eigenvalue weighted by atomic mass is 10.00. The minimum atomic E-state index is 0.276. The van der Waals surface area contributed by atoms with Crippen molar-refractivity contribution in [2.75, 3.05) is 0 Å². The number of hydrogen-bond acceptors (Lipinski definition) is 2. The highest BCUT2D eigenvalue weighted by Gasteiger charge is 2.10. The summed E-state index contributed by atoms with van der Waals surface area (Å²) in [5.41, 5.74) is 2.97. The number of phenols is 1. The molecule has 0 aliphatic rings. The molecule has 0 spiro atoms. The quantitative estimate of drug-likeness (QED) is 0.506. The molecule has 0 unspecified atom stereocenters. The van der Waals surface area contributed by atoms with Crippen LogP contribution in [-0.2, 0) is 0 Å². The summed E-state index contributed by atoms with van der Waals surface area (Å²) in [6.45, 7) is 0. The van der Waals surface area contributed by atoms with Crippen LogP contribution < -0.4 is 0 Å². The van der Waals surface area contributed by atoms with Gasteiger partial charge in [-0.1, -0.05) is 48.5 Å². The van der Waals surface area contributed by atoms with Gasteiger partial charge < -0.3 is 5.11 Å². The molecule has 0 amide bonds. The molecule has 0 radical (unpaired) electrons. The molecule has 0 saturated heterocycles. The predicted molar refractivity (Wildman–Crippen MR) is 86.3 cm³/mol. The maximum atomic E-state index is 9.83. The van der Waals surface area contributed by atoms with Gasteiger partial charge in [0.15, 0.2) is 0 Å². The Morgan fingerprint density at radius 1 is 0.667 bits per heavy atom. The summed E-state index contributed by atoms with van der Waals surface area (Å²) < 4.78 is 0. The molecular weight excluding hydrogens is 258 g/mol. The zero-order chi connectivity index (χ0) is 14.2. The maximum Gasteiger partial charge on any atom is 0.116 e. The summed E-state index contributed by atoms with van der Waals surface area (Å²) in [4.78, 5) is 4.82. The number of rotatable bonds is 1. The summed E-state index contributed by atoms with van der Waals surface area (Å²) in [6, 6.07) is 23.6. The minimum Gasteiger partial charge on any atom is -0.508 e. The van der Waals surface area contributed by atoms with Gasteiger partial charge in [-0.3, -0.25) is 0 Å². The highest BCUT2D eigenvalue weighted by molar-refractivity contribution is 6.11. The monoisotopic (exact) mass is 271 g/mol. The molecule has 4 rings (SSSR count). The Morgan fingerprint density at radius 2 is 1.43 bits per heavy atom. The predicted octanol–water partition coefficient (Wildman–Crippen LogP) is 4.76. The Labute approximate surface area is 122 Å². The Hall–Kier alpha value is -2.87. The SMILES string of the molecule is Oc1ccc2c(-c3ccccc3)nc3ccccc3c2c1. The Balaban J connectivity index is 2.19. The summed E-state index contributed by atoms with van der Waals surface area (Å²) in [5, 5.41) is 13.0. The standard InChI is InChI=1S/C19H13NO/c21-14-10-11-16-17(12-14)15-8-4-5-9-18(15)20-19(16)13-6-2-1-3-7-13/h1-12,21H. The van der Waals surface area contributed by atoms with E-state index in [9.17, 15) is 5.11 Å². The van der Waals surface area contributed by atoms with Gasteiger partial charge in [0.25, 0.3) is 0 Å². The molecule has 3 aromatic carbocycles. The van der Waals surface area contributed by atoms with Crippen molar-refractivity contribution in [3.63, 3.8) is 0 Å². The number of benzene rings is 3. The summed E-state index contributed by atoms with van der Waals surface area (Å²) in [6.07, 6.45) is 0. The van der Waals surface area contributed by atoms with Gasteiger partial charge in [0.1, 0.15) is 5.75 Å². The number of phenolic OH excluding ortho intramolecular Hbond substituents is 1. The van der Waals surface area contributed by atoms with Crippen LogP contribution >= 0.6 is 0 Å². The van der Waals surface area contributed by atoms with Gasteiger partial charge in [-0.25, -0.2) is 4.98 Å². The number of nitrogens with zero attached hydrogens (tertiary/aromatic N) is 1. The van der Waals surface area contributed by atoms with E-state index >= 15 is 0 Å². The summed E-state index contributed by atoms with van der Waals surface area (Å²) >= 11 is 0. The molecule has 0 saturated carbocycles.